The maximum atomic E-state index is 15.2. The Morgan fingerprint density at radius 1 is 0.406 bits per heavy atom. The van der Waals surface area contributed by atoms with Crippen LogP contribution in [0.25, 0.3) is 10.4 Å². The lowest BCUT2D eigenvalue weighted by Gasteiger charge is -2.54. The van der Waals surface area contributed by atoms with Gasteiger partial charge in [0, 0.05) is 21.6 Å². The Bertz CT molecular complexity index is 4080. The first kappa shape index (κ1) is 73.1. The zero-order valence-electron chi connectivity index (χ0n) is 58.3. The third-order valence-electron chi connectivity index (χ3n) is 19.6. The van der Waals surface area contributed by atoms with Crippen molar-refractivity contribution in [2.24, 2.45) is 5.11 Å². The second-order valence-electron chi connectivity index (χ2n) is 26.8. The van der Waals surface area contributed by atoms with Crippen molar-refractivity contribution in [2.75, 3.05) is 26.4 Å². The highest BCUT2D eigenvalue weighted by Crippen LogP contribution is 2.46. The minimum absolute atomic E-state index is 0.0503. The van der Waals surface area contributed by atoms with Crippen molar-refractivity contribution < 1.29 is 94.8 Å². The number of rotatable bonds is 27. The summed E-state index contributed by atoms with van der Waals surface area (Å²) in [5.74, 6) is -0.720. The van der Waals surface area contributed by atoms with Crippen molar-refractivity contribution in [3.63, 3.8) is 0 Å². The molecule has 0 bridgehead atoms. The Morgan fingerprint density at radius 3 is 1.22 bits per heavy atom. The van der Waals surface area contributed by atoms with Gasteiger partial charge in [-0.1, -0.05) is 242 Å². The van der Waals surface area contributed by atoms with Gasteiger partial charge in [-0.25, -0.2) is 4.79 Å². The molecule has 15 rings (SSSR count). The van der Waals surface area contributed by atoms with Crippen LogP contribution in [0.15, 0.2) is 260 Å². The van der Waals surface area contributed by atoms with E-state index in [4.69, 9.17) is 90.0 Å². The van der Waals surface area contributed by atoms with Crippen molar-refractivity contribution in [1.29, 1.82) is 0 Å². The fourth-order valence-electron chi connectivity index (χ4n) is 14.4. The normalized spacial score (nSPS) is 32.7. The first-order valence-electron chi connectivity index (χ1n) is 36.0. The number of fused-ring (bicyclic) bond motifs is 3. The summed E-state index contributed by atoms with van der Waals surface area (Å²) < 4.78 is 133. The standard InChI is InChI=1S/C83H85N3O20/c1-3-44-88-81-74(92-48-56-34-18-7-19-35-56)71(67-62(98-81)50-94-78(102-67)59-40-24-10-25-41-59)105-80-64(85-86-84)69(66-61(97-80)49-93-77(101-66)58-38-22-9-23-39-58)104-83-75(72(100-76(87)57-36-20-8-21-37-57)68-63(99-83)51-95-79(103-68)60-42-26-11-27-43-60)106-82-73(91-47-55-32-16-6-17-33-55)70(90-46-54-30-14-5-15-31-54)65(52(2)96-82)89-45-53-28-12-4-13-29-53/h3-43,52,61-75,77-83H,1,44-51H2,2H3/t52-,61+,62+,63+,64+,65+,66-,67-,68-,69+,70+,71-,72-,73-,74+,75+,77-,78-,79-,80-,81-,82-,83-/m0/s1. The van der Waals surface area contributed by atoms with Crippen LogP contribution in [0.3, 0.4) is 0 Å². The molecule has 23 atom stereocenters. The van der Waals surface area contributed by atoms with Crippen LogP contribution < -0.4 is 0 Å². The molecule has 0 aliphatic carbocycles. The molecule has 7 aliphatic heterocycles. The van der Waals surface area contributed by atoms with Crippen LogP contribution in [0.2, 0.25) is 0 Å². The highest BCUT2D eigenvalue weighted by Gasteiger charge is 2.61. The van der Waals surface area contributed by atoms with Crippen molar-refractivity contribution in [2.45, 2.75) is 175 Å². The van der Waals surface area contributed by atoms with Crippen molar-refractivity contribution in [1.82, 2.24) is 0 Å². The maximum Gasteiger partial charge on any atom is 0.338 e. The molecule has 552 valence electrons. The van der Waals surface area contributed by atoms with E-state index in [0.29, 0.717) is 11.1 Å². The fourth-order valence-corrected chi connectivity index (χ4v) is 14.4. The van der Waals surface area contributed by atoms with Crippen LogP contribution in [0.4, 0.5) is 0 Å². The predicted molar refractivity (Wildman–Crippen MR) is 380 cm³/mol. The van der Waals surface area contributed by atoms with E-state index >= 15 is 4.79 Å². The molecule has 7 heterocycles. The van der Waals surface area contributed by atoms with E-state index in [0.717, 1.165) is 27.8 Å². The van der Waals surface area contributed by atoms with E-state index in [9.17, 15) is 5.53 Å². The lowest BCUT2D eigenvalue weighted by molar-refractivity contribution is -0.420. The molecule has 7 saturated heterocycles. The van der Waals surface area contributed by atoms with Crippen LogP contribution >= 0.6 is 0 Å². The Hall–Kier alpha value is -8.44. The van der Waals surface area contributed by atoms with Gasteiger partial charge in [-0.2, -0.15) is 0 Å². The summed E-state index contributed by atoms with van der Waals surface area (Å²) in [4.78, 5) is 18.7. The first-order valence-corrected chi connectivity index (χ1v) is 36.0. The second-order valence-corrected chi connectivity index (χ2v) is 26.8. The van der Waals surface area contributed by atoms with Crippen LogP contribution in [0.5, 0.6) is 0 Å². The second kappa shape index (κ2) is 35.5. The Morgan fingerprint density at radius 2 is 0.764 bits per heavy atom. The molecule has 23 nitrogen and oxygen atoms in total. The molecule has 0 N–H and O–H groups in total. The molecule has 7 aliphatic rings. The van der Waals surface area contributed by atoms with Crippen LogP contribution in [0, 0.1) is 0 Å². The molecule has 8 aromatic carbocycles. The number of carbonyl (C=O) groups is 1. The van der Waals surface area contributed by atoms with Gasteiger partial charge in [-0.15, -0.1) is 6.58 Å². The Kier molecular flexibility index (Phi) is 24.5. The molecule has 0 saturated carbocycles. The zero-order valence-corrected chi connectivity index (χ0v) is 58.3. The Labute approximate surface area is 614 Å². The van der Waals surface area contributed by atoms with E-state index < -0.39 is 148 Å². The molecular formula is C83H85N3O20. The number of azide groups is 1. The minimum Gasteiger partial charge on any atom is -0.453 e. The molecule has 8 aromatic rings. The molecule has 23 heteroatoms. The lowest BCUT2D eigenvalue weighted by Crippen LogP contribution is -2.70. The minimum atomic E-state index is -1.64. The smallest absolute Gasteiger partial charge is 0.338 e. The molecule has 0 spiro atoms. The van der Waals surface area contributed by atoms with Crippen LogP contribution in [0.1, 0.15) is 75.1 Å². The third-order valence-corrected chi connectivity index (χ3v) is 19.6. The summed E-state index contributed by atoms with van der Waals surface area (Å²) in [7, 11) is 0. The summed E-state index contributed by atoms with van der Waals surface area (Å²) in [6.45, 7) is 6.26. The van der Waals surface area contributed by atoms with E-state index in [1.807, 2.05) is 219 Å². The number of ether oxygens (including phenoxy) is 19. The number of hydrogen-bond acceptors (Lipinski definition) is 21. The van der Waals surface area contributed by atoms with E-state index in [1.54, 1.807) is 36.4 Å². The largest absolute Gasteiger partial charge is 0.453 e. The van der Waals surface area contributed by atoms with Crippen molar-refractivity contribution in [3.8, 4) is 0 Å². The van der Waals surface area contributed by atoms with Gasteiger partial charge in [0.2, 0.25) is 0 Å². The number of esters is 1. The highest BCUT2D eigenvalue weighted by atomic mass is 16.8. The van der Waals surface area contributed by atoms with Crippen LogP contribution in [-0.2, 0) is 116 Å². The van der Waals surface area contributed by atoms with Gasteiger partial charge in [-0.05, 0) is 46.8 Å². The Balaban J connectivity index is 0.849. The summed E-state index contributed by atoms with van der Waals surface area (Å²) >= 11 is 0. The summed E-state index contributed by atoms with van der Waals surface area (Å²) in [6.07, 6.45) is -23.1. The van der Waals surface area contributed by atoms with Gasteiger partial charge in [0.15, 0.2) is 56.2 Å². The summed E-state index contributed by atoms with van der Waals surface area (Å²) in [5, 5.41) is 4.57. The average molecular weight is 1440 g/mol. The van der Waals surface area contributed by atoms with Gasteiger partial charge in [-0.3, -0.25) is 0 Å². The van der Waals surface area contributed by atoms with Crippen molar-refractivity contribution >= 4 is 5.97 Å². The van der Waals surface area contributed by atoms with Gasteiger partial charge < -0.3 is 90.0 Å². The zero-order chi connectivity index (χ0) is 72.0. The fraction of sp³-hybridized carbons (Fsp3) is 0.386. The van der Waals surface area contributed by atoms with Crippen molar-refractivity contribution in [3.05, 3.63) is 310 Å². The summed E-state index contributed by atoms with van der Waals surface area (Å²) in [6, 6.07) is 74.4. The highest BCUT2D eigenvalue weighted by molar-refractivity contribution is 5.89. The van der Waals surface area contributed by atoms with E-state index in [2.05, 4.69) is 16.6 Å². The quantitative estimate of drug-likeness (QED) is 0.0153. The van der Waals surface area contributed by atoms with Gasteiger partial charge in [0.1, 0.15) is 79.3 Å². The monoisotopic (exact) mass is 1440 g/mol. The van der Waals surface area contributed by atoms with Gasteiger partial charge >= 0.3 is 5.97 Å². The first-order chi connectivity index (χ1) is 52.3. The van der Waals surface area contributed by atoms with Crippen LogP contribution in [-0.4, -0.2) is 155 Å². The lowest BCUT2D eigenvalue weighted by atomic mass is 9.93. The average Bonchev–Trinajstić information content (AvgIpc) is 0.751. The maximum absolute atomic E-state index is 15.2. The SMILES string of the molecule is C=CCO[C@H]1O[C@@H]2CO[C@H](c3ccccc3)O[C@@H]2[C@H](O[C@@H]2O[C@@H]3CO[C@H](c4ccccc4)O[C@@H]3[C@H](O[C@@H]3O[C@@H]4CO[C@H](c5ccccc5)O[C@@H]4[C@H](OC(=O)c4ccccc4)[C@H]3O[C@@H]3O[C@@H](C)[C@@H](OCc4ccccc4)[C@@H](OCc4ccccc4)[C@@H]3OCc3ccccc3)[C@H]2N=[N+]=[N-])[C@H]1OCc1ccccc1. The number of carbonyl (C=O) groups excluding carboxylic acids is 1. The van der Waals surface area contributed by atoms with Gasteiger partial charge in [0.05, 0.1) is 64.5 Å². The molecule has 0 unspecified atom stereocenters. The third kappa shape index (κ3) is 17.4. The van der Waals surface area contributed by atoms with E-state index in [1.165, 1.54) is 0 Å². The predicted octanol–water partition coefficient (Wildman–Crippen LogP) is 12.9. The number of nitrogens with zero attached hydrogens (tertiary/aromatic N) is 3. The molecule has 0 radical (unpaired) electrons. The summed E-state index contributed by atoms with van der Waals surface area (Å²) in [5.41, 5.74) is 16.9. The molecule has 0 amide bonds. The van der Waals surface area contributed by atoms with Gasteiger partial charge in [0.25, 0.3) is 0 Å². The topological polar surface area (TPSA) is 241 Å². The van der Waals surface area contributed by atoms with E-state index in [-0.39, 0.29) is 58.4 Å². The molecule has 106 heavy (non-hydrogen) atoms. The number of hydrogen-bond donors (Lipinski definition) is 0. The molecule has 7 fully saturated rings. The number of benzene rings is 8. The molecular weight excluding hydrogens is 1360 g/mol. The molecule has 0 aromatic heterocycles.